The van der Waals surface area contributed by atoms with Crippen molar-refractivity contribution in [3.63, 3.8) is 0 Å². The molecule has 23 heavy (non-hydrogen) atoms. The largest absolute Gasteiger partial charge is 0.462 e. The van der Waals surface area contributed by atoms with Crippen molar-refractivity contribution in [2.75, 3.05) is 23.8 Å². The van der Waals surface area contributed by atoms with E-state index in [2.05, 4.69) is 26.6 Å². The van der Waals surface area contributed by atoms with Crippen LogP contribution in [-0.4, -0.2) is 25.0 Å². The summed E-state index contributed by atoms with van der Waals surface area (Å²) in [6, 6.07) is 14.3. The summed E-state index contributed by atoms with van der Waals surface area (Å²) < 4.78 is 5.91. The number of nitrogens with one attached hydrogen (secondary N) is 2. The Morgan fingerprint density at radius 3 is 2.65 bits per heavy atom. The van der Waals surface area contributed by atoms with E-state index in [1.165, 1.54) is 0 Å². The van der Waals surface area contributed by atoms with Crippen molar-refractivity contribution in [3.8, 4) is 0 Å². The third-order valence-electron chi connectivity index (χ3n) is 2.97. The maximum absolute atomic E-state index is 12.1. The van der Waals surface area contributed by atoms with Gasteiger partial charge >= 0.3 is 5.97 Å². The molecule has 2 aromatic carbocycles. The number of halogens is 1. The van der Waals surface area contributed by atoms with E-state index >= 15 is 0 Å². The number of carbonyl (C=O) groups is 2. The van der Waals surface area contributed by atoms with Crippen LogP contribution in [0.4, 0.5) is 11.4 Å². The van der Waals surface area contributed by atoms with Gasteiger partial charge in [-0.3, -0.25) is 4.79 Å². The van der Waals surface area contributed by atoms with Gasteiger partial charge in [0.25, 0.3) is 0 Å². The Labute approximate surface area is 143 Å². The second-order valence-electron chi connectivity index (χ2n) is 4.68. The van der Waals surface area contributed by atoms with E-state index in [-0.39, 0.29) is 19.1 Å². The van der Waals surface area contributed by atoms with Crippen LogP contribution < -0.4 is 10.6 Å². The normalized spacial score (nSPS) is 10.0. The lowest BCUT2D eigenvalue weighted by molar-refractivity contribution is -0.114. The summed E-state index contributed by atoms with van der Waals surface area (Å²) in [5.74, 6) is -0.704. The van der Waals surface area contributed by atoms with Crippen LogP contribution in [0.2, 0.25) is 0 Å². The van der Waals surface area contributed by atoms with Crippen molar-refractivity contribution in [2.45, 2.75) is 6.92 Å². The first-order valence-electron chi connectivity index (χ1n) is 7.15. The number of rotatable bonds is 6. The van der Waals surface area contributed by atoms with Crippen LogP contribution in [0.25, 0.3) is 0 Å². The summed E-state index contributed by atoms with van der Waals surface area (Å²) >= 11 is 3.37. The highest BCUT2D eigenvalue weighted by Gasteiger charge is 2.13. The maximum atomic E-state index is 12.1. The van der Waals surface area contributed by atoms with Gasteiger partial charge in [0.2, 0.25) is 5.91 Å². The topological polar surface area (TPSA) is 67.4 Å². The van der Waals surface area contributed by atoms with Gasteiger partial charge in [0, 0.05) is 10.2 Å². The molecule has 0 bridgehead atoms. The quantitative estimate of drug-likeness (QED) is 0.754. The minimum absolute atomic E-state index is 0.0909. The fraction of sp³-hybridized carbons (Fsp3) is 0.176. The predicted octanol–water partition coefficient (Wildman–Crippen LogP) is 3.68. The maximum Gasteiger partial charge on any atom is 0.340 e. The molecule has 2 rings (SSSR count). The molecule has 0 fully saturated rings. The highest BCUT2D eigenvalue weighted by Crippen LogP contribution is 2.17. The van der Waals surface area contributed by atoms with Crippen molar-refractivity contribution in [3.05, 3.63) is 58.6 Å². The smallest absolute Gasteiger partial charge is 0.340 e. The molecule has 2 N–H and O–H groups in total. The molecule has 0 saturated heterocycles. The molecule has 0 aromatic heterocycles. The fourth-order valence-electron chi connectivity index (χ4n) is 1.95. The van der Waals surface area contributed by atoms with Crippen molar-refractivity contribution >= 4 is 39.2 Å². The molecular weight excluding hydrogens is 360 g/mol. The molecule has 0 spiro atoms. The van der Waals surface area contributed by atoms with Gasteiger partial charge in [0.1, 0.15) is 0 Å². The molecule has 0 aliphatic rings. The fourth-order valence-corrected chi connectivity index (χ4v) is 2.35. The van der Waals surface area contributed by atoms with Gasteiger partial charge in [-0.15, -0.1) is 0 Å². The van der Waals surface area contributed by atoms with E-state index in [0.29, 0.717) is 11.3 Å². The first-order chi connectivity index (χ1) is 11.1. The number of esters is 1. The van der Waals surface area contributed by atoms with E-state index in [1.807, 2.05) is 24.3 Å². The van der Waals surface area contributed by atoms with Crippen LogP contribution in [0.5, 0.6) is 0 Å². The van der Waals surface area contributed by atoms with E-state index in [1.54, 1.807) is 31.2 Å². The summed E-state index contributed by atoms with van der Waals surface area (Å²) in [6.07, 6.45) is 0. The number of carbonyl (C=O) groups excluding carboxylic acids is 2. The van der Waals surface area contributed by atoms with Gasteiger partial charge in [-0.05, 0) is 37.3 Å². The number of amides is 1. The summed E-state index contributed by atoms with van der Waals surface area (Å²) in [5, 5.41) is 5.74. The van der Waals surface area contributed by atoms with Crippen LogP contribution in [0.15, 0.2) is 53.0 Å². The summed E-state index contributed by atoms with van der Waals surface area (Å²) in [4.78, 5) is 23.9. The van der Waals surface area contributed by atoms with Crippen LogP contribution in [0.3, 0.4) is 0 Å². The molecule has 2 aromatic rings. The average molecular weight is 377 g/mol. The molecule has 0 aliphatic heterocycles. The lowest BCUT2D eigenvalue weighted by Crippen LogP contribution is -2.23. The molecule has 0 aliphatic carbocycles. The second kappa shape index (κ2) is 8.33. The Kier molecular flexibility index (Phi) is 6.17. The van der Waals surface area contributed by atoms with Gasteiger partial charge < -0.3 is 15.4 Å². The number of para-hydroxylation sites is 1. The van der Waals surface area contributed by atoms with E-state index in [4.69, 9.17) is 4.74 Å². The lowest BCUT2D eigenvalue weighted by atomic mass is 10.2. The van der Waals surface area contributed by atoms with Crippen LogP contribution in [0.1, 0.15) is 17.3 Å². The van der Waals surface area contributed by atoms with E-state index in [0.717, 1.165) is 10.2 Å². The minimum atomic E-state index is -0.455. The highest BCUT2D eigenvalue weighted by molar-refractivity contribution is 9.10. The number of hydrogen-bond acceptors (Lipinski definition) is 4. The monoisotopic (exact) mass is 376 g/mol. The molecule has 6 heteroatoms. The SMILES string of the molecule is CCOC(=O)c1ccccc1NC(=O)CNc1cccc(Br)c1. The predicted molar refractivity (Wildman–Crippen MR) is 93.7 cm³/mol. The van der Waals surface area contributed by atoms with Crippen molar-refractivity contribution in [1.29, 1.82) is 0 Å². The van der Waals surface area contributed by atoms with Crippen molar-refractivity contribution < 1.29 is 14.3 Å². The summed E-state index contributed by atoms with van der Waals surface area (Å²) in [7, 11) is 0. The Morgan fingerprint density at radius 1 is 1.13 bits per heavy atom. The molecule has 1 amide bonds. The third-order valence-corrected chi connectivity index (χ3v) is 3.47. The Hall–Kier alpha value is -2.34. The van der Waals surface area contributed by atoms with E-state index < -0.39 is 5.97 Å². The number of anilines is 2. The summed E-state index contributed by atoms with van der Waals surface area (Å²) in [6.45, 7) is 2.11. The van der Waals surface area contributed by atoms with Gasteiger partial charge in [-0.1, -0.05) is 34.1 Å². The van der Waals surface area contributed by atoms with Gasteiger partial charge in [0.15, 0.2) is 0 Å². The molecule has 5 nitrogen and oxygen atoms in total. The molecular formula is C17H17BrN2O3. The molecule has 0 unspecified atom stereocenters. The zero-order chi connectivity index (χ0) is 16.7. The van der Waals surface area contributed by atoms with E-state index in [9.17, 15) is 9.59 Å². The third kappa shape index (κ3) is 5.10. The molecule has 0 radical (unpaired) electrons. The average Bonchev–Trinajstić information content (AvgIpc) is 2.54. The van der Waals surface area contributed by atoms with Crippen LogP contribution in [-0.2, 0) is 9.53 Å². The van der Waals surface area contributed by atoms with Gasteiger partial charge in [-0.2, -0.15) is 0 Å². The van der Waals surface area contributed by atoms with Crippen molar-refractivity contribution in [1.82, 2.24) is 0 Å². The zero-order valence-electron chi connectivity index (χ0n) is 12.6. The van der Waals surface area contributed by atoms with Gasteiger partial charge in [0.05, 0.1) is 24.4 Å². The molecule has 0 atom stereocenters. The summed E-state index contributed by atoms with van der Waals surface area (Å²) in [5.41, 5.74) is 1.60. The molecule has 0 saturated carbocycles. The first kappa shape index (κ1) is 17.0. The highest BCUT2D eigenvalue weighted by atomic mass is 79.9. The minimum Gasteiger partial charge on any atom is -0.462 e. The second-order valence-corrected chi connectivity index (χ2v) is 5.59. The standard InChI is InChI=1S/C17H17BrN2O3/c1-2-23-17(22)14-8-3-4-9-15(14)20-16(21)11-19-13-7-5-6-12(18)10-13/h3-10,19H,2,11H2,1H3,(H,20,21). The Balaban J connectivity index is 1.99. The lowest BCUT2D eigenvalue weighted by Gasteiger charge is -2.11. The van der Waals surface area contributed by atoms with Crippen LogP contribution >= 0.6 is 15.9 Å². The Bertz CT molecular complexity index is 704. The van der Waals surface area contributed by atoms with Crippen LogP contribution in [0, 0.1) is 0 Å². The molecule has 120 valence electrons. The number of hydrogen-bond donors (Lipinski definition) is 2. The molecule has 0 heterocycles. The number of ether oxygens (including phenoxy) is 1. The Morgan fingerprint density at radius 2 is 1.91 bits per heavy atom. The first-order valence-corrected chi connectivity index (χ1v) is 7.95. The zero-order valence-corrected chi connectivity index (χ0v) is 14.2. The number of benzene rings is 2. The van der Waals surface area contributed by atoms with Crippen molar-refractivity contribution in [2.24, 2.45) is 0 Å². The van der Waals surface area contributed by atoms with Gasteiger partial charge in [-0.25, -0.2) is 4.79 Å².